The number of carbonyl (C=O) groups excluding carboxylic acids is 1. The molecule has 0 N–H and O–H groups in total. The Labute approximate surface area is 83.3 Å². The van der Waals surface area contributed by atoms with Crippen molar-refractivity contribution in [3.05, 3.63) is 0 Å². The molecule has 0 aromatic heterocycles. The van der Waals surface area contributed by atoms with Crippen LogP contribution in [0.4, 0.5) is 0 Å². The molecule has 1 aliphatic heterocycles. The summed E-state index contributed by atoms with van der Waals surface area (Å²) in [6.45, 7) is 0.899. The fourth-order valence-corrected chi connectivity index (χ4v) is 2.97. The quantitative estimate of drug-likeness (QED) is 0.616. The standard InChI is InChI=1S/C8H14O5S/c1-12-8(9)6-14(10,11)7-2-4-13-5-3-7/h7H,2-6H2,1H3. The number of hydrogen-bond acceptors (Lipinski definition) is 5. The molecule has 0 radical (unpaired) electrons. The zero-order valence-electron chi connectivity index (χ0n) is 8.06. The Morgan fingerprint density at radius 2 is 2.00 bits per heavy atom. The minimum absolute atomic E-state index is 0.449. The number of sulfone groups is 1. The summed E-state index contributed by atoms with van der Waals surface area (Å²) in [5.41, 5.74) is 0. The van der Waals surface area contributed by atoms with Gasteiger partial charge in [0, 0.05) is 13.2 Å². The van der Waals surface area contributed by atoms with Crippen molar-refractivity contribution in [2.45, 2.75) is 18.1 Å². The molecule has 0 aliphatic carbocycles. The summed E-state index contributed by atoms with van der Waals surface area (Å²) in [4.78, 5) is 10.8. The highest BCUT2D eigenvalue weighted by Gasteiger charge is 2.29. The monoisotopic (exact) mass is 222 g/mol. The van der Waals surface area contributed by atoms with Gasteiger partial charge in [0.1, 0.15) is 5.75 Å². The largest absolute Gasteiger partial charge is 0.468 e. The maximum absolute atomic E-state index is 11.6. The number of hydrogen-bond donors (Lipinski definition) is 0. The Hall–Kier alpha value is -0.620. The lowest BCUT2D eigenvalue weighted by molar-refractivity contribution is -0.137. The Balaban J connectivity index is 2.59. The summed E-state index contributed by atoms with van der Waals surface area (Å²) >= 11 is 0. The van der Waals surface area contributed by atoms with Crippen molar-refractivity contribution in [3.8, 4) is 0 Å². The fraction of sp³-hybridized carbons (Fsp3) is 0.875. The van der Waals surface area contributed by atoms with Crippen molar-refractivity contribution in [2.75, 3.05) is 26.1 Å². The third-order valence-corrected chi connectivity index (χ3v) is 4.35. The molecule has 1 aliphatic rings. The van der Waals surface area contributed by atoms with E-state index in [0.29, 0.717) is 26.1 Å². The van der Waals surface area contributed by atoms with E-state index in [-0.39, 0.29) is 0 Å². The summed E-state index contributed by atoms with van der Waals surface area (Å²) in [6, 6.07) is 0. The average molecular weight is 222 g/mol. The van der Waals surface area contributed by atoms with Crippen molar-refractivity contribution >= 4 is 15.8 Å². The highest BCUT2D eigenvalue weighted by Crippen LogP contribution is 2.16. The maximum atomic E-state index is 11.6. The first-order chi connectivity index (χ1) is 6.56. The van der Waals surface area contributed by atoms with Crippen LogP contribution in [0.3, 0.4) is 0 Å². The van der Waals surface area contributed by atoms with Crippen molar-refractivity contribution in [2.24, 2.45) is 0 Å². The molecule has 0 unspecified atom stereocenters. The van der Waals surface area contributed by atoms with Crippen molar-refractivity contribution in [1.29, 1.82) is 0 Å². The van der Waals surface area contributed by atoms with Gasteiger partial charge < -0.3 is 9.47 Å². The van der Waals surface area contributed by atoms with E-state index in [9.17, 15) is 13.2 Å². The van der Waals surface area contributed by atoms with Crippen LogP contribution in [0.1, 0.15) is 12.8 Å². The molecule has 0 spiro atoms. The van der Waals surface area contributed by atoms with E-state index in [1.807, 2.05) is 0 Å². The number of carbonyl (C=O) groups is 1. The molecule has 0 aromatic carbocycles. The zero-order valence-corrected chi connectivity index (χ0v) is 8.88. The molecular formula is C8H14O5S. The van der Waals surface area contributed by atoms with Crippen LogP contribution in [0.25, 0.3) is 0 Å². The van der Waals surface area contributed by atoms with Gasteiger partial charge in [-0.15, -0.1) is 0 Å². The van der Waals surface area contributed by atoms with Crippen molar-refractivity contribution < 1.29 is 22.7 Å². The van der Waals surface area contributed by atoms with Crippen LogP contribution in [-0.2, 0) is 24.1 Å². The first kappa shape index (κ1) is 11.5. The Kier molecular flexibility index (Phi) is 3.88. The number of methoxy groups -OCH3 is 1. The van der Waals surface area contributed by atoms with Gasteiger partial charge >= 0.3 is 5.97 Å². The lowest BCUT2D eigenvalue weighted by Crippen LogP contribution is -2.33. The third kappa shape index (κ3) is 2.95. The second-order valence-corrected chi connectivity index (χ2v) is 5.48. The fourth-order valence-electron chi connectivity index (χ4n) is 1.38. The van der Waals surface area contributed by atoms with Crippen molar-refractivity contribution in [1.82, 2.24) is 0 Å². The van der Waals surface area contributed by atoms with Crippen LogP contribution in [-0.4, -0.2) is 45.7 Å². The van der Waals surface area contributed by atoms with Crippen LogP contribution in [0, 0.1) is 0 Å². The SMILES string of the molecule is COC(=O)CS(=O)(=O)C1CCOCC1. The van der Waals surface area contributed by atoms with Crippen LogP contribution in [0.15, 0.2) is 0 Å². The number of ether oxygens (including phenoxy) is 2. The summed E-state index contributed by atoms with van der Waals surface area (Å²) in [7, 11) is -2.17. The summed E-state index contributed by atoms with van der Waals surface area (Å²) in [5, 5.41) is -0.449. The molecule has 1 rings (SSSR count). The van der Waals surface area contributed by atoms with E-state index in [1.165, 1.54) is 7.11 Å². The van der Waals surface area contributed by atoms with Crippen LogP contribution >= 0.6 is 0 Å². The molecule has 0 amide bonds. The van der Waals surface area contributed by atoms with Gasteiger partial charge in [-0.2, -0.15) is 0 Å². The van der Waals surface area contributed by atoms with Gasteiger partial charge in [0.15, 0.2) is 9.84 Å². The molecule has 0 bridgehead atoms. The number of esters is 1. The lowest BCUT2D eigenvalue weighted by Gasteiger charge is -2.21. The molecule has 1 heterocycles. The molecule has 1 saturated heterocycles. The molecule has 1 fully saturated rings. The molecule has 0 saturated carbocycles. The van der Waals surface area contributed by atoms with E-state index in [0.717, 1.165) is 0 Å². The van der Waals surface area contributed by atoms with Crippen LogP contribution in [0.5, 0.6) is 0 Å². The predicted octanol–water partition coefficient (Wildman–Crippen LogP) is -0.247. The van der Waals surface area contributed by atoms with E-state index in [2.05, 4.69) is 4.74 Å². The van der Waals surface area contributed by atoms with Gasteiger partial charge in [0.25, 0.3) is 0 Å². The van der Waals surface area contributed by atoms with Gasteiger partial charge in [0.05, 0.1) is 12.4 Å². The van der Waals surface area contributed by atoms with Gasteiger partial charge in [-0.05, 0) is 12.8 Å². The number of rotatable bonds is 3. The second-order valence-electron chi connectivity index (χ2n) is 3.20. The Morgan fingerprint density at radius 1 is 1.43 bits per heavy atom. The van der Waals surface area contributed by atoms with E-state index in [1.54, 1.807) is 0 Å². The smallest absolute Gasteiger partial charge is 0.320 e. The topological polar surface area (TPSA) is 69.7 Å². The average Bonchev–Trinajstić information content (AvgIpc) is 2.18. The van der Waals surface area contributed by atoms with Crippen molar-refractivity contribution in [3.63, 3.8) is 0 Å². The Morgan fingerprint density at radius 3 is 2.50 bits per heavy atom. The zero-order chi connectivity index (χ0) is 10.6. The molecule has 14 heavy (non-hydrogen) atoms. The van der Waals surface area contributed by atoms with E-state index >= 15 is 0 Å². The maximum Gasteiger partial charge on any atom is 0.320 e. The molecule has 0 atom stereocenters. The van der Waals surface area contributed by atoms with E-state index in [4.69, 9.17) is 4.74 Å². The normalized spacial score (nSPS) is 19.2. The summed E-state index contributed by atoms with van der Waals surface area (Å²) in [6.07, 6.45) is 0.943. The molecule has 5 nitrogen and oxygen atoms in total. The predicted molar refractivity (Wildman–Crippen MR) is 49.6 cm³/mol. The lowest BCUT2D eigenvalue weighted by atomic mass is 10.2. The van der Waals surface area contributed by atoms with E-state index < -0.39 is 26.8 Å². The first-order valence-electron chi connectivity index (χ1n) is 4.42. The molecule has 0 aromatic rings. The van der Waals surface area contributed by atoms with Gasteiger partial charge in [-0.25, -0.2) is 8.42 Å². The minimum atomic E-state index is -3.35. The first-order valence-corrected chi connectivity index (χ1v) is 6.14. The molecule has 6 heteroatoms. The minimum Gasteiger partial charge on any atom is -0.468 e. The highest BCUT2D eigenvalue weighted by atomic mass is 32.2. The second kappa shape index (κ2) is 4.75. The van der Waals surface area contributed by atoms with Crippen LogP contribution < -0.4 is 0 Å². The van der Waals surface area contributed by atoms with Gasteiger partial charge in [-0.1, -0.05) is 0 Å². The van der Waals surface area contributed by atoms with Crippen LogP contribution in [0.2, 0.25) is 0 Å². The highest BCUT2D eigenvalue weighted by molar-refractivity contribution is 7.92. The molecular weight excluding hydrogens is 208 g/mol. The molecule has 82 valence electrons. The summed E-state index contributed by atoms with van der Waals surface area (Å²) in [5.74, 6) is -1.22. The van der Waals surface area contributed by atoms with Gasteiger partial charge in [0.2, 0.25) is 0 Å². The third-order valence-electron chi connectivity index (χ3n) is 2.22. The summed E-state index contributed by atoms with van der Waals surface area (Å²) < 4.78 is 32.6. The Bertz CT molecular complexity index is 289. The van der Waals surface area contributed by atoms with Gasteiger partial charge in [-0.3, -0.25) is 4.79 Å².